The van der Waals surface area contributed by atoms with Crippen LogP contribution in [0.3, 0.4) is 0 Å². The van der Waals surface area contributed by atoms with Crippen LogP contribution in [0.15, 0.2) is 23.2 Å². The van der Waals surface area contributed by atoms with E-state index in [0.29, 0.717) is 38.6 Å². The fourth-order valence-corrected chi connectivity index (χ4v) is 3.54. The van der Waals surface area contributed by atoms with Crippen LogP contribution in [0, 0.1) is 11.6 Å². The zero-order valence-corrected chi connectivity index (χ0v) is 16.5. The minimum Gasteiger partial charge on any atom is -0.365 e. The van der Waals surface area contributed by atoms with E-state index in [4.69, 9.17) is 0 Å². The SMILES string of the molecule is CCS(=O)(=O)NCCCNC(=NC)NC1CCN(c2c(F)cccc2F)C1. The molecule has 7 nitrogen and oxygen atoms in total. The first-order valence-electron chi connectivity index (χ1n) is 8.99. The van der Waals surface area contributed by atoms with Gasteiger partial charge in [-0.1, -0.05) is 6.07 Å². The third-order valence-electron chi connectivity index (χ3n) is 4.35. The highest BCUT2D eigenvalue weighted by atomic mass is 32.2. The molecule has 0 aliphatic carbocycles. The molecule has 27 heavy (non-hydrogen) atoms. The van der Waals surface area contributed by atoms with E-state index < -0.39 is 21.7 Å². The first-order valence-corrected chi connectivity index (χ1v) is 10.6. The zero-order chi connectivity index (χ0) is 19.9. The maximum Gasteiger partial charge on any atom is 0.211 e. The number of sulfonamides is 1. The zero-order valence-electron chi connectivity index (χ0n) is 15.6. The van der Waals surface area contributed by atoms with Gasteiger partial charge in [-0.3, -0.25) is 4.99 Å². The summed E-state index contributed by atoms with van der Waals surface area (Å²) in [5.41, 5.74) is 0.00737. The number of hydrogen-bond acceptors (Lipinski definition) is 4. The number of nitrogens with one attached hydrogen (secondary N) is 3. The van der Waals surface area contributed by atoms with E-state index in [1.165, 1.54) is 18.2 Å². The van der Waals surface area contributed by atoms with Crippen molar-refractivity contribution in [2.45, 2.75) is 25.8 Å². The monoisotopic (exact) mass is 403 g/mol. The summed E-state index contributed by atoms with van der Waals surface area (Å²) >= 11 is 0. The lowest BCUT2D eigenvalue weighted by Gasteiger charge is -2.21. The van der Waals surface area contributed by atoms with Crippen molar-refractivity contribution in [3.05, 3.63) is 29.8 Å². The molecule has 1 heterocycles. The predicted molar refractivity (Wildman–Crippen MR) is 104 cm³/mol. The van der Waals surface area contributed by atoms with Gasteiger partial charge in [0.15, 0.2) is 5.96 Å². The van der Waals surface area contributed by atoms with Gasteiger partial charge in [0.25, 0.3) is 0 Å². The first-order chi connectivity index (χ1) is 12.9. The van der Waals surface area contributed by atoms with E-state index in [2.05, 4.69) is 20.3 Å². The van der Waals surface area contributed by atoms with Crippen LogP contribution in [0.5, 0.6) is 0 Å². The molecule has 0 spiro atoms. The standard InChI is InChI=1S/C17H27F2N5O2S/c1-3-27(25,26)22-10-5-9-21-17(20-2)23-13-8-11-24(12-13)16-14(18)6-4-7-15(16)19/h4,6-7,13,22H,3,5,8-12H2,1-2H3,(H2,20,21,23). The summed E-state index contributed by atoms with van der Waals surface area (Å²) in [6, 6.07) is 3.87. The van der Waals surface area contributed by atoms with Crippen molar-refractivity contribution in [1.29, 1.82) is 0 Å². The molecule has 1 unspecified atom stereocenters. The molecule has 1 aliphatic heterocycles. The minimum absolute atomic E-state index is 0.00737. The molecule has 0 aromatic heterocycles. The summed E-state index contributed by atoms with van der Waals surface area (Å²) in [7, 11) is -1.54. The highest BCUT2D eigenvalue weighted by Crippen LogP contribution is 2.26. The molecule has 1 aromatic rings. The van der Waals surface area contributed by atoms with Crippen molar-refractivity contribution in [2.24, 2.45) is 4.99 Å². The van der Waals surface area contributed by atoms with E-state index in [1.54, 1.807) is 18.9 Å². The number of rotatable bonds is 8. The van der Waals surface area contributed by atoms with E-state index in [-0.39, 0.29) is 17.5 Å². The lowest BCUT2D eigenvalue weighted by molar-refractivity contribution is 0.575. The van der Waals surface area contributed by atoms with Crippen LogP contribution in [0.1, 0.15) is 19.8 Å². The average Bonchev–Trinajstić information content (AvgIpc) is 3.08. The molecule has 2 rings (SSSR count). The van der Waals surface area contributed by atoms with Gasteiger partial charge >= 0.3 is 0 Å². The molecule has 1 saturated heterocycles. The Morgan fingerprint density at radius 3 is 2.63 bits per heavy atom. The molecule has 3 N–H and O–H groups in total. The van der Waals surface area contributed by atoms with Crippen LogP contribution in [-0.2, 0) is 10.0 Å². The Balaban J connectivity index is 1.77. The second-order valence-corrected chi connectivity index (χ2v) is 8.39. The van der Waals surface area contributed by atoms with Crippen molar-refractivity contribution < 1.29 is 17.2 Å². The largest absolute Gasteiger partial charge is 0.365 e. The number of guanidine groups is 1. The maximum atomic E-state index is 13.9. The molecule has 0 bridgehead atoms. The molecule has 1 fully saturated rings. The van der Waals surface area contributed by atoms with Crippen LogP contribution < -0.4 is 20.3 Å². The molecule has 1 aliphatic rings. The van der Waals surface area contributed by atoms with Gasteiger partial charge in [0.05, 0.1) is 5.75 Å². The number of aliphatic imine (C=N–C) groups is 1. The van der Waals surface area contributed by atoms with Crippen LogP contribution in [0.2, 0.25) is 0 Å². The van der Waals surface area contributed by atoms with Gasteiger partial charge in [-0.05, 0) is 31.9 Å². The lowest BCUT2D eigenvalue weighted by Crippen LogP contribution is -2.45. The van der Waals surface area contributed by atoms with Crippen molar-refractivity contribution in [3.63, 3.8) is 0 Å². The third-order valence-corrected chi connectivity index (χ3v) is 5.76. The lowest BCUT2D eigenvalue weighted by atomic mass is 10.2. The van der Waals surface area contributed by atoms with Gasteiger partial charge < -0.3 is 15.5 Å². The van der Waals surface area contributed by atoms with E-state index in [0.717, 1.165) is 6.42 Å². The molecule has 1 aromatic carbocycles. The van der Waals surface area contributed by atoms with Crippen molar-refractivity contribution in [1.82, 2.24) is 15.4 Å². The van der Waals surface area contributed by atoms with Gasteiger partial charge in [0, 0.05) is 39.3 Å². The van der Waals surface area contributed by atoms with Gasteiger partial charge in [0.1, 0.15) is 17.3 Å². The number of hydrogen-bond donors (Lipinski definition) is 3. The second-order valence-electron chi connectivity index (χ2n) is 6.30. The molecular weight excluding hydrogens is 376 g/mol. The van der Waals surface area contributed by atoms with E-state index >= 15 is 0 Å². The molecule has 1 atom stereocenters. The molecule has 0 radical (unpaired) electrons. The highest BCUT2D eigenvalue weighted by molar-refractivity contribution is 7.89. The Bertz CT molecular complexity index is 737. The van der Waals surface area contributed by atoms with Gasteiger partial charge in [-0.15, -0.1) is 0 Å². The van der Waals surface area contributed by atoms with Gasteiger partial charge in [-0.2, -0.15) is 0 Å². The molecule has 10 heteroatoms. The molecule has 0 saturated carbocycles. The Hall–Kier alpha value is -1.94. The first kappa shape index (κ1) is 21.4. The van der Waals surface area contributed by atoms with Crippen LogP contribution in [0.25, 0.3) is 0 Å². The number of anilines is 1. The summed E-state index contributed by atoms with van der Waals surface area (Å²) in [4.78, 5) is 5.83. The van der Waals surface area contributed by atoms with Crippen LogP contribution in [-0.4, -0.2) is 59.4 Å². The number of halogens is 2. The summed E-state index contributed by atoms with van der Waals surface area (Å²) in [5.74, 6) is -0.487. The fraction of sp³-hybridized carbons (Fsp3) is 0.588. The molecular formula is C17H27F2N5O2S. The third kappa shape index (κ3) is 6.31. The topological polar surface area (TPSA) is 85.8 Å². The normalized spacial score (nSPS) is 18.0. The van der Waals surface area contributed by atoms with Crippen LogP contribution >= 0.6 is 0 Å². The summed E-state index contributed by atoms with van der Waals surface area (Å²) in [5, 5.41) is 6.35. The van der Waals surface area contributed by atoms with Crippen molar-refractivity contribution in [2.75, 3.05) is 43.9 Å². The summed E-state index contributed by atoms with van der Waals surface area (Å²) in [6.45, 7) is 3.50. The quantitative estimate of drug-likeness (QED) is 0.343. The second kappa shape index (κ2) is 9.84. The Kier molecular flexibility index (Phi) is 7.78. The fourth-order valence-electron chi connectivity index (χ4n) is 2.89. The summed E-state index contributed by atoms with van der Waals surface area (Å²) in [6.07, 6.45) is 1.34. The number of nitrogens with zero attached hydrogens (tertiary/aromatic N) is 2. The van der Waals surface area contributed by atoms with Gasteiger partial charge in [0.2, 0.25) is 10.0 Å². The van der Waals surface area contributed by atoms with Crippen LogP contribution in [0.4, 0.5) is 14.5 Å². The number of benzene rings is 1. The maximum absolute atomic E-state index is 13.9. The molecule has 152 valence electrons. The smallest absolute Gasteiger partial charge is 0.211 e. The van der Waals surface area contributed by atoms with E-state index in [9.17, 15) is 17.2 Å². The molecule has 0 amide bonds. The highest BCUT2D eigenvalue weighted by Gasteiger charge is 2.27. The predicted octanol–water partition coefficient (Wildman–Crippen LogP) is 1.04. The number of para-hydroxylation sites is 1. The van der Waals surface area contributed by atoms with Gasteiger partial charge in [-0.25, -0.2) is 21.9 Å². The van der Waals surface area contributed by atoms with Crippen molar-refractivity contribution in [3.8, 4) is 0 Å². The van der Waals surface area contributed by atoms with Crippen molar-refractivity contribution >= 4 is 21.7 Å². The minimum atomic E-state index is -3.17. The summed E-state index contributed by atoms with van der Waals surface area (Å²) < 4.78 is 53.0. The Labute approximate surface area is 159 Å². The Morgan fingerprint density at radius 2 is 2.00 bits per heavy atom. The van der Waals surface area contributed by atoms with E-state index in [1.807, 2.05) is 0 Å². The average molecular weight is 403 g/mol. The Morgan fingerprint density at radius 1 is 1.30 bits per heavy atom.